The van der Waals surface area contributed by atoms with Gasteiger partial charge in [0.25, 0.3) is 0 Å². The molecular formula is C33H48N2O4. The predicted octanol–water partition coefficient (Wildman–Crippen LogP) is 5.38. The monoisotopic (exact) mass is 536 g/mol. The number of hydrogen-bond donors (Lipinski definition) is 1. The molecule has 4 rings (SSSR count). The molecular weight excluding hydrogens is 488 g/mol. The van der Waals surface area contributed by atoms with Gasteiger partial charge in [0.15, 0.2) is 11.5 Å². The Bertz CT molecular complexity index is 1020. The molecule has 0 bridgehead atoms. The molecule has 1 N–H and O–H groups in total. The molecule has 1 heterocycles. The van der Waals surface area contributed by atoms with E-state index in [1.165, 1.54) is 5.56 Å². The quantitative estimate of drug-likeness (QED) is 0.292. The summed E-state index contributed by atoms with van der Waals surface area (Å²) in [5.41, 5.74) is 2.40. The molecule has 0 unspecified atom stereocenters. The number of nitrogens with zero attached hydrogens (tertiary/aromatic N) is 1. The van der Waals surface area contributed by atoms with Gasteiger partial charge in [-0.15, -0.1) is 0 Å². The van der Waals surface area contributed by atoms with Gasteiger partial charge in [0, 0.05) is 32.7 Å². The zero-order valence-corrected chi connectivity index (χ0v) is 24.4. The first-order valence-corrected chi connectivity index (χ1v) is 14.8. The maximum absolute atomic E-state index is 13.3. The number of nitrogens with one attached hydrogen (secondary N) is 1. The summed E-state index contributed by atoms with van der Waals surface area (Å²) in [4.78, 5) is 15.5. The number of hydrogen-bond acceptors (Lipinski definition) is 5. The lowest BCUT2D eigenvalue weighted by atomic mass is 9.78. The second kappa shape index (κ2) is 14.7. The fraction of sp³-hybridized carbons (Fsp3) is 0.606. The molecule has 1 saturated heterocycles. The van der Waals surface area contributed by atoms with E-state index in [2.05, 4.69) is 48.3 Å². The van der Waals surface area contributed by atoms with Crippen molar-refractivity contribution in [1.29, 1.82) is 0 Å². The maximum atomic E-state index is 13.3. The molecule has 1 saturated carbocycles. The Balaban J connectivity index is 1.38. The van der Waals surface area contributed by atoms with Crippen LogP contribution in [0.25, 0.3) is 0 Å². The number of methoxy groups -OCH3 is 2. The molecule has 1 amide bonds. The van der Waals surface area contributed by atoms with Crippen molar-refractivity contribution in [3.63, 3.8) is 0 Å². The summed E-state index contributed by atoms with van der Waals surface area (Å²) < 4.78 is 16.8. The Morgan fingerprint density at radius 1 is 0.974 bits per heavy atom. The van der Waals surface area contributed by atoms with E-state index in [-0.39, 0.29) is 5.91 Å². The summed E-state index contributed by atoms with van der Waals surface area (Å²) in [7, 11) is 3.40. The Hall–Kier alpha value is -2.57. The minimum atomic E-state index is 0.283. The lowest BCUT2D eigenvalue weighted by Crippen LogP contribution is -2.40. The van der Waals surface area contributed by atoms with Gasteiger partial charge >= 0.3 is 0 Å². The molecule has 0 spiro atoms. The zero-order valence-electron chi connectivity index (χ0n) is 24.4. The predicted molar refractivity (Wildman–Crippen MR) is 156 cm³/mol. The van der Waals surface area contributed by atoms with E-state index < -0.39 is 0 Å². The zero-order chi connectivity index (χ0) is 27.6. The highest BCUT2D eigenvalue weighted by molar-refractivity contribution is 5.79. The Morgan fingerprint density at radius 3 is 2.44 bits per heavy atom. The highest BCUT2D eigenvalue weighted by Gasteiger charge is 2.38. The first-order valence-electron chi connectivity index (χ1n) is 14.8. The number of ether oxygens (including phenoxy) is 3. The van der Waals surface area contributed by atoms with Crippen molar-refractivity contribution in [3.8, 4) is 11.5 Å². The number of carbonyl (C=O) groups excluding carboxylic acids is 1. The summed E-state index contributed by atoms with van der Waals surface area (Å²) in [6.45, 7) is 8.89. The Morgan fingerprint density at radius 2 is 1.74 bits per heavy atom. The van der Waals surface area contributed by atoms with Crippen LogP contribution in [-0.2, 0) is 22.4 Å². The highest BCUT2D eigenvalue weighted by Crippen LogP contribution is 2.35. The van der Waals surface area contributed by atoms with Crippen molar-refractivity contribution in [3.05, 3.63) is 59.7 Å². The van der Waals surface area contributed by atoms with E-state index in [4.69, 9.17) is 14.2 Å². The second-order valence-electron chi connectivity index (χ2n) is 11.7. The van der Waals surface area contributed by atoms with Crippen LogP contribution < -0.4 is 14.8 Å². The molecule has 2 aliphatic rings. The molecule has 1 aliphatic carbocycles. The van der Waals surface area contributed by atoms with Gasteiger partial charge in [0.2, 0.25) is 5.91 Å². The average Bonchev–Trinajstić information content (AvgIpc) is 3.69. The van der Waals surface area contributed by atoms with Crippen LogP contribution in [0.5, 0.6) is 11.5 Å². The van der Waals surface area contributed by atoms with Gasteiger partial charge in [-0.3, -0.25) is 4.79 Å². The van der Waals surface area contributed by atoms with Gasteiger partial charge in [-0.2, -0.15) is 0 Å². The molecule has 2 aromatic rings. The molecule has 214 valence electrons. The van der Waals surface area contributed by atoms with Crippen molar-refractivity contribution < 1.29 is 19.0 Å². The molecule has 3 atom stereocenters. The summed E-state index contributed by atoms with van der Waals surface area (Å²) in [5, 5.41) is 3.66. The van der Waals surface area contributed by atoms with Crippen LogP contribution in [0.1, 0.15) is 50.7 Å². The Labute approximate surface area is 235 Å². The smallest absolute Gasteiger partial charge is 0.227 e. The van der Waals surface area contributed by atoms with E-state index in [0.717, 1.165) is 68.8 Å². The van der Waals surface area contributed by atoms with Crippen molar-refractivity contribution in [2.45, 2.75) is 58.4 Å². The van der Waals surface area contributed by atoms with Crippen LogP contribution in [0.4, 0.5) is 0 Å². The number of rotatable bonds is 16. The highest BCUT2D eigenvalue weighted by atomic mass is 16.5. The van der Waals surface area contributed by atoms with Crippen LogP contribution >= 0.6 is 0 Å². The average molecular weight is 537 g/mol. The third-order valence-corrected chi connectivity index (χ3v) is 8.44. The van der Waals surface area contributed by atoms with Crippen LogP contribution in [-0.4, -0.2) is 63.9 Å². The van der Waals surface area contributed by atoms with E-state index >= 15 is 0 Å². The van der Waals surface area contributed by atoms with Gasteiger partial charge < -0.3 is 24.4 Å². The molecule has 6 heteroatoms. The first-order chi connectivity index (χ1) is 19.0. The van der Waals surface area contributed by atoms with E-state index in [9.17, 15) is 4.79 Å². The fourth-order valence-corrected chi connectivity index (χ4v) is 5.87. The van der Waals surface area contributed by atoms with Crippen LogP contribution in [0.15, 0.2) is 48.5 Å². The van der Waals surface area contributed by atoms with Gasteiger partial charge in [0.1, 0.15) is 0 Å². The summed E-state index contributed by atoms with van der Waals surface area (Å²) in [6.07, 6.45) is 5.82. The standard InChI is InChI=1S/C33H48N2O4/c1-24(2)27(17-26-11-14-31(38-4)32(18-26)39-16-8-15-37-3)20-28-21-34-22-29(28)23-35(30-12-13-30)33(36)19-25-9-6-5-7-10-25/h5-7,9-11,14,18,24,27-30,34H,8,12-13,15-17,19-23H2,1-4H3/t27-,28+,29-/m0/s1. The van der Waals surface area contributed by atoms with E-state index in [1.54, 1.807) is 14.2 Å². The number of amides is 1. The third-order valence-electron chi connectivity index (χ3n) is 8.44. The molecule has 39 heavy (non-hydrogen) atoms. The number of carbonyl (C=O) groups is 1. The molecule has 1 aliphatic heterocycles. The largest absolute Gasteiger partial charge is 0.493 e. The molecule has 2 fully saturated rings. The SMILES string of the molecule is COCCCOc1cc(C[C@@H](C[C@@H]2CNC[C@H]2CN(C(=O)Cc2ccccc2)C2CC2)C(C)C)ccc1OC. The molecule has 0 aromatic heterocycles. The minimum absolute atomic E-state index is 0.283. The van der Waals surface area contributed by atoms with Crippen molar-refractivity contribution in [2.75, 3.05) is 47.1 Å². The van der Waals surface area contributed by atoms with Crippen LogP contribution in [0.2, 0.25) is 0 Å². The summed E-state index contributed by atoms with van der Waals surface area (Å²) in [6, 6.07) is 17.0. The maximum Gasteiger partial charge on any atom is 0.227 e. The molecule has 2 aromatic carbocycles. The number of benzene rings is 2. The van der Waals surface area contributed by atoms with Gasteiger partial charge in [-0.25, -0.2) is 0 Å². The summed E-state index contributed by atoms with van der Waals surface area (Å²) in [5.74, 6) is 4.07. The van der Waals surface area contributed by atoms with Crippen LogP contribution in [0, 0.1) is 23.7 Å². The summed E-state index contributed by atoms with van der Waals surface area (Å²) >= 11 is 0. The van der Waals surface area contributed by atoms with Gasteiger partial charge in [-0.05, 0) is 85.7 Å². The molecule has 0 radical (unpaired) electrons. The molecule has 6 nitrogen and oxygen atoms in total. The first kappa shape index (κ1) is 29.4. The van der Waals surface area contributed by atoms with Gasteiger partial charge in [0.05, 0.1) is 20.1 Å². The fourth-order valence-electron chi connectivity index (χ4n) is 5.87. The van der Waals surface area contributed by atoms with Crippen molar-refractivity contribution >= 4 is 5.91 Å². The lowest BCUT2D eigenvalue weighted by molar-refractivity contribution is -0.131. The Kier molecular flexibility index (Phi) is 11.1. The van der Waals surface area contributed by atoms with E-state index in [0.29, 0.717) is 49.3 Å². The minimum Gasteiger partial charge on any atom is -0.493 e. The van der Waals surface area contributed by atoms with Crippen molar-refractivity contribution in [2.24, 2.45) is 23.7 Å². The van der Waals surface area contributed by atoms with E-state index in [1.807, 2.05) is 24.3 Å². The third kappa shape index (κ3) is 8.71. The normalized spacial score (nSPS) is 19.7. The van der Waals surface area contributed by atoms with Gasteiger partial charge in [-0.1, -0.05) is 50.2 Å². The van der Waals surface area contributed by atoms with Crippen molar-refractivity contribution in [1.82, 2.24) is 10.2 Å². The van der Waals surface area contributed by atoms with Crippen LogP contribution in [0.3, 0.4) is 0 Å². The topological polar surface area (TPSA) is 60.0 Å². The lowest BCUT2D eigenvalue weighted by Gasteiger charge is -2.31. The second-order valence-corrected chi connectivity index (χ2v) is 11.7.